The van der Waals surface area contributed by atoms with Gasteiger partial charge in [0.25, 0.3) is 0 Å². The Morgan fingerprint density at radius 2 is 1.92 bits per heavy atom. The lowest BCUT2D eigenvalue weighted by Crippen LogP contribution is -1.96. The lowest BCUT2D eigenvalue weighted by atomic mass is 10.0. The second kappa shape index (κ2) is 7.17. The van der Waals surface area contributed by atoms with Crippen molar-refractivity contribution >= 4 is 21.7 Å². The molecule has 0 radical (unpaired) electrons. The zero-order valence-corrected chi connectivity index (χ0v) is 14.2. The van der Waals surface area contributed by atoms with Crippen LogP contribution in [0.25, 0.3) is 33.1 Å². The van der Waals surface area contributed by atoms with Crippen LogP contribution in [0.3, 0.4) is 0 Å². The molecule has 0 fully saturated rings. The first-order valence-corrected chi connectivity index (χ1v) is 8.39. The summed E-state index contributed by atoms with van der Waals surface area (Å²) in [7, 11) is 0. The van der Waals surface area contributed by atoms with Crippen molar-refractivity contribution in [1.29, 1.82) is 0 Å². The van der Waals surface area contributed by atoms with E-state index in [1.54, 1.807) is 0 Å². The predicted molar refractivity (Wildman–Crippen MR) is 97.8 cm³/mol. The number of aromatic nitrogens is 5. The van der Waals surface area contributed by atoms with Crippen LogP contribution < -0.4 is 0 Å². The van der Waals surface area contributed by atoms with Crippen LogP contribution in [0, 0.1) is 0 Å². The highest BCUT2D eigenvalue weighted by Crippen LogP contribution is 2.31. The van der Waals surface area contributed by atoms with Gasteiger partial charge >= 0.3 is 0 Å². The molecule has 0 aliphatic carbocycles. The number of pyridine rings is 2. The van der Waals surface area contributed by atoms with Crippen molar-refractivity contribution in [2.75, 3.05) is 0 Å². The van der Waals surface area contributed by atoms with E-state index in [2.05, 4.69) is 33.2 Å². The summed E-state index contributed by atoms with van der Waals surface area (Å²) >= 11 is 0. The Morgan fingerprint density at radius 1 is 1.04 bits per heavy atom. The van der Waals surface area contributed by atoms with Crippen molar-refractivity contribution in [3.05, 3.63) is 48.7 Å². The molecule has 24 heavy (non-hydrogen) atoms. The molecule has 0 saturated heterocycles. The van der Waals surface area contributed by atoms with Crippen molar-refractivity contribution in [3.63, 3.8) is 0 Å². The van der Waals surface area contributed by atoms with Gasteiger partial charge in [-0.3, -0.25) is 15.1 Å². The number of para-hydroxylation sites is 1. The normalized spacial score (nSPS) is 10.6. The molecule has 0 amide bonds. The molecule has 3 heterocycles. The number of benzene rings is 1. The van der Waals surface area contributed by atoms with E-state index in [9.17, 15) is 0 Å². The molecule has 0 unspecified atom stereocenters. The Hall–Kier alpha value is -2.82. The second-order valence-electron chi connectivity index (χ2n) is 5.27. The molecule has 0 aliphatic heterocycles. The molecule has 0 aliphatic rings. The maximum absolute atomic E-state index is 4.93. The number of nitrogens with zero attached hydrogens (tertiary/aromatic N) is 4. The maximum atomic E-state index is 4.93. The number of rotatable bonds is 3. The average molecular weight is 319 g/mol. The van der Waals surface area contributed by atoms with Crippen LogP contribution >= 0.6 is 0 Å². The number of aryl methyl sites for hydroxylation is 1. The quantitative estimate of drug-likeness (QED) is 0.563. The topological polar surface area (TPSA) is 67.3 Å². The van der Waals surface area contributed by atoms with Crippen LogP contribution in [0.5, 0.6) is 0 Å². The van der Waals surface area contributed by atoms with Crippen molar-refractivity contribution in [3.8, 4) is 11.4 Å². The highest BCUT2D eigenvalue weighted by molar-refractivity contribution is 6.09. The lowest BCUT2D eigenvalue weighted by molar-refractivity contribution is 0.899. The van der Waals surface area contributed by atoms with Crippen molar-refractivity contribution in [2.24, 2.45) is 0 Å². The first kappa shape index (κ1) is 16.1. The van der Waals surface area contributed by atoms with Gasteiger partial charge in [-0.05, 0) is 18.6 Å². The summed E-state index contributed by atoms with van der Waals surface area (Å²) < 4.78 is 0. The standard InChI is InChI=1S/C17H15N5.C2H6/c1-2-4-15-11-7-8-18-9-14(11)12-5-3-6-13(16(12)21-15)17-19-10-20-22-17;1-2/h3,5-10H,2,4H2,1H3,(H,19,20,22);1-2H3. The molecular weight excluding hydrogens is 298 g/mol. The van der Waals surface area contributed by atoms with Crippen LogP contribution in [0.2, 0.25) is 0 Å². The van der Waals surface area contributed by atoms with E-state index in [1.807, 2.05) is 44.4 Å². The monoisotopic (exact) mass is 319 g/mol. The van der Waals surface area contributed by atoms with E-state index in [0.29, 0.717) is 0 Å². The van der Waals surface area contributed by atoms with Gasteiger partial charge in [0.15, 0.2) is 5.82 Å². The third-order valence-electron chi connectivity index (χ3n) is 3.86. The summed E-state index contributed by atoms with van der Waals surface area (Å²) in [6, 6.07) is 8.18. The zero-order valence-electron chi connectivity index (χ0n) is 14.2. The summed E-state index contributed by atoms with van der Waals surface area (Å²) in [5, 5.41) is 10.3. The molecule has 5 heteroatoms. The summed E-state index contributed by atoms with van der Waals surface area (Å²) in [5.74, 6) is 0.740. The van der Waals surface area contributed by atoms with Gasteiger partial charge in [0, 0.05) is 39.8 Å². The zero-order chi connectivity index (χ0) is 16.9. The van der Waals surface area contributed by atoms with Crippen LogP contribution in [-0.2, 0) is 6.42 Å². The third-order valence-corrected chi connectivity index (χ3v) is 3.86. The predicted octanol–water partition coefficient (Wildman–Crippen LogP) is 4.55. The van der Waals surface area contributed by atoms with Gasteiger partial charge < -0.3 is 0 Å². The molecule has 0 spiro atoms. The molecule has 1 N–H and O–H groups in total. The molecule has 1 aromatic carbocycles. The molecule has 4 aromatic rings. The van der Waals surface area contributed by atoms with E-state index in [4.69, 9.17) is 4.98 Å². The van der Waals surface area contributed by atoms with Gasteiger partial charge in [0.05, 0.1) is 5.52 Å². The smallest absolute Gasteiger partial charge is 0.157 e. The van der Waals surface area contributed by atoms with E-state index >= 15 is 0 Å². The van der Waals surface area contributed by atoms with Crippen LogP contribution in [0.1, 0.15) is 32.9 Å². The average Bonchev–Trinajstić information content (AvgIpc) is 3.18. The van der Waals surface area contributed by atoms with Crippen molar-refractivity contribution in [1.82, 2.24) is 25.1 Å². The summed E-state index contributed by atoms with van der Waals surface area (Å²) in [6.45, 7) is 6.17. The van der Waals surface area contributed by atoms with Gasteiger partial charge in [-0.15, -0.1) is 0 Å². The van der Waals surface area contributed by atoms with Gasteiger partial charge in [-0.2, -0.15) is 5.10 Å². The fourth-order valence-electron chi connectivity index (χ4n) is 2.89. The largest absolute Gasteiger partial charge is 0.264 e. The minimum absolute atomic E-state index is 0.740. The van der Waals surface area contributed by atoms with Crippen LogP contribution in [-0.4, -0.2) is 25.1 Å². The Kier molecular flexibility index (Phi) is 4.79. The van der Waals surface area contributed by atoms with Gasteiger partial charge in [0.2, 0.25) is 0 Å². The number of nitrogens with one attached hydrogen (secondary N) is 1. The lowest BCUT2D eigenvalue weighted by Gasteiger charge is -2.10. The molecule has 0 saturated carbocycles. The van der Waals surface area contributed by atoms with Gasteiger partial charge in [-0.1, -0.05) is 39.3 Å². The second-order valence-corrected chi connectivity index (χ2v) is 5.27. The first-order valence-electron chi connectivity index (χ1n) is 8.39. The molecule has 0 atom stereocenters. The minimum Gasteiger partial charge on any atom is -0.264 e. The number of hydrogen-bond acceptors (Lipinski definition) is 4. The molecule has 4 rings (SSSR count). The first-order chi connectivity index (χ1) is 11.9. The van der Waals surface area contributed by atoms with Crippen LogP contribution in [0.15, 0.2) is 43.0 Å². The Morgan fingerprint density at radius 3 is 2.67 bits per heavy atom. The highest BCUT2D eigenvalue weighted by atomic mass is 15.2. The SMILES string of the molecule is CC.CCCc1nc2c(-c3ncn[nH]3)cccc2c2cnccc12. The highest BCUT2D eigenvalue weighted by Gasteiger charge is 2.13. The Labute approximate surface area is 141 Å². The van der Waals surface area contributed by atoms with Gasteiger partial charge in [-0.25, -0.2) is 4.98 Å². The molecular formula is C19H21N5. The number of fused-ring (bicyclic) bond motifs is 3. The molecule has 5 nitrogen and oxygen atoms in total. The summed E-state index contributed by atoms with van der Waals surface area (Å²) in [6.07, 6.45) is 7.27. The van der Waals surface area contributed by atoms with E-state index in [-0.39, 0.29) is 0 Å². The molecule has 0 bridgehead atoms. The van der Waals surface area contributed by atoms with E-state index in [1.165, 1.54) is 11.7 Å². The fraction of sp³-hybridized carbons (Fsp3) is 0.263. The fourth-order valence-corrected chi connectivity index (χ4v) is 2.89. The van der Waals surface area contributed by atoms with E-state index < -0.39 is 0 Å². The Bertz CT molecular complexity index is 945. The third kappa shape index (κ3) is 2.73. The van der Waals surface area contributed by atoms with Crippen molar-refractivity contribution in [2.45, 2.75) is 33.6 Å². The summed E-state index contributed by atoms with van der Waals surface area (Å²) in [5.41, 5.74) is 3.03. The number of hydrogen-bond donors (Lipinski definition) is 1. The number of aromatic amines is 1. The van der Waals surface area contributed by atoms with Crippen molar-refractivity contribution < 1.29 is 0 Å². The van der Waals surface area contributed by atoms with Gasteiger partial charge in [0.1, 0.15) is 6.33 Å². The molecule has 122 valence electrons. The van der Waals surface area contributed by atoms with E-state index in [0.717, 1.165) is 46.2 Å². The number of H-pyrrole nitrogens is 1. The molecule has 3 aromatic heterocycles. The maximum Gasteiger partial charge on any atom is 0.157 e. The Balaban J connectivity index is 0.000000815. The van der Waals surface area contributed by atoms with Crippen LogP contribution in [0.4, 0.5) is 0 Å². The summed E-state index contributed by atoms with van der Waals surface area (Å²) in [4.78, 5) is 13.5. The minimum atomic E-state index is 0.740.